The molecule has 1 rings (SSSR count). The first-order valence-corrected chi connectivity index (χ1v) is 6.35. The third kappa shape index (κ3) is 3.93. The van der Waals surface area contributed by atoms with Gasteiger partial charge in [0.1, 0.15) is 0 Å². The van der Waals surface area contributed by atoms with E-state index >= 15 is 0 Å². The van der Waals surface area contributed by atoms with Crippen molar-refractivity contribution in [3.05, 3.63) is 35.9 Å². The van der Waals surface area contributed by atoms with E-state index < -0.39 is 0 Å². The molecule has 0 fully saturated rings. The molecule has 88 valence electrons. The first-order chi connectivity index (χ1) is 7.65. The molecule has 0 radical (unpaired) electrons. The number of thiocarbonyl (C=S) groups is 1. The lowest BCUT2D eigenvalue weighted by Gasteiger charge is -2.24. The summed E-state index contributed by atoms with van der Waals surface area (Å²) in [5.74, 6) is 0.508. The van der Waals surface area contributed by atoms with Crippen molar-refractivity contribution in [2.24, 2.45) is 5.92 Å². The van der Waals surface area contributed by atoms with E-state index in [-0.39, 0.29) is 0 Å². The number of nitrogens with zero attached hydrogens (tertiary/aromatic N) is 1. The Morgan fingerprint density at radius 2 is 1.94 bits per heavy atom. The van der Waals surface area contributed by atoms with Crippen LogP contribution in [0.1, 0.15) is 32.3 Å². The van der Waals surface area contributed by atoms with Crippen molar-refractivity contribution < 1.29 is 0 Å². The van der Waals surface area contributed by atoms with Gasteiger partial charge in [-0.1, -0.05) is 62.8 Å². The lowest BCUT2D eigenvalue weighted by molar-refractivity contribution is 0.469. The molecule has 1 unspecified atom stereocenters. The molecule has 1 aromatic carbocycles. The predicted octanol–water partition coefficient (Wildman–Crippen LogP) is 3.88. The average molecular weight is 235 g/mol. The number of rotatable bonds is 5. The molecule has 0 aliphatic carbocycles. The Morgan fingerprint density at radius 3 is 2.50 bits per heavy atom. The van der Waals surface area contributed by atoms with Gasteiger partial charge in [0, 0.05) is 19.5 Å². The minimum Gasteiger partial charge on any atom is -0.365 e. The lowest BCUT2D eigenvalue weighted by atomic mass is 10.1. The smallest absolute Gasteiger partial charge is 0.0808 e. The van der Waals surface area contributed by atoms with Gasteiger partial charge >= 0.3 is 0 Å². The normalized spacial score (nSPS) is 12.2. The molecule has 0 aliphatic heterocycles. The molecule has 0 saturated heterocycles. The van der Waals surface area contributed by atoms with Crippen molar-refractivity contribution in [2.45, 2.75) is 33.2 Å². The van der Waals surface area contributed by atoms with Gasteiger partial charge in [0.2, 0.25) is 0 Å². The van der Waals surface area contributed by atoms with Crippen molar-refractivity contribution in [1.29, 1.82) is 0 Å². The predicted molar refractivity (Wildman–Crippen MR) is 74.6 cm³/mol. The van der Waals surface area contributed by atoms with Gasteiger partial charge in [0.05, 0.1) is 4.99 Å². The Labute approximate surface area is 104 Å². The molecule has 1 atom stereocenters. The van der Waals surface area contributed by atoms with Crippen molar-refractivity contribution >= 4 is 17.2 Å². The zero-order valence-electron chi connectivity index (χ0n) is 10.4. The average Bonchev–Trinajstić information content (AvgIpc) is 2.29. The zero-order valence-corrected chi connectivity index (χ0v) is 11.3. The molecule has 1 nitrogen and oxygen atoms in total. The minimum atomic E-state index is 0.508. The van der Waals surface area contributed by atoms with Crippen LogP contribution in [0, 0.1) is 5.92 Å². The number of hydrogen-bond donors (Lipinski definition) is 0. The van der Waals surface area contributed by atoms with E-state index in [4.69, 9.17) is 12.2 Å². The third-order valence-electron chi connectivity index (χ3n) is 2.78. The Balaban J connectivity index is 2.52. The Hall–Kier alpha value is -0.890. The summed E-state index contributed by atoms with van der Waals surface area (Å²) in [7, 11) is 2.08. The van der Waals surface area contributed by atoms with Gasteiger partial charge in [-0.2, -0.15) is 0 Å². The molecular formula is C14H21NS. The van der Waals surface area contributed by atoms with Crippen LogP contribution in [0.5, 0.6) is 0 Å². The van der Waals surface area contributed by atoms with Gasteiger partial charge < -0.3 is 4.90 Å². The van der Waals surface area contributed by atoms with Gasteiger partial charge in [-0.3, -0.25) is 0 Å². The van der Waals surface area contributed by atoms with Crippen molar-refractivity contribution in [3.8, 4) is 0 Å². The maximum absolute atomic E-state index is 5.49. The van der Waals surface area contributed by atoms with Gasteiger partial charge in [-0.05, 0) is 12.0 Å². The summed E-state index contributed by atoms with van der Waals surface area (Å²) in [6.45, 7) is 5.33. The van der Waals surface area contributed by atoms with E-state index in [9.17, 15) is 0 Å². The summed E-state index contributed by atoms with van der Waals surface area (Å²) >= 11 is 5.49. The molecule has 0 aromatic heterocycles. The molecule has 0 N–H and O–H groups in total. The fourth-order valence-corrected chi connectivity index (χ4v) is 2.05. The van der Waals surface area contributed by atoms with Crippen LogP contribution in [0.4, 0.5) is 0 Å². The van der Waals surface area contributed by atoms with Crippen LogP contribution in [0.15, 0.2) is 30.3 Å². The van der Waals surface area contributed by atoms with Gasteiger partial charge in [0.15, 0.2) is 0 Å². The molecule has 0 aliphatic rings. The van der Waals surface area contributed by atoms with Gasteiger partial charge in [-0.25, -0.2) is 0 Å². The number of hydrogen-bond acceptors (Lipinski definition) is 1. The highest BCUT2D eigenvalue weighted by Gasteiger charge is 2.12. The fraction of sp³-hybridized carbons (Fsp3) is 0.500. The largest absolute Gasteiger partial charge is 0.365 e. The summed E-state index contributed by atoms with van der Waals surface area (Å²) in [5.41, 5.74) is 1.32. The lowest BCUT2D eigenvalue weighted by Crippen LogP contribution is -2.29. The monoisotopic (exact) mass is 235 g/mol. The van der Waals surface area contributed by atoms with Gasteiger partial charge in [0.25, 0.3) is 0 Å². The quantitative estimate of drug-likeness (QED) is 0.712. The first kappa shape index (κ1) is 13.2. The van der Waals surface area contributed by atoms with Crippen LogP contribution in [0.25, 0.3) is 0 Å². The highest BCUT2D eigenvalue weighted by molar-refractivity contribution is 7.80. The highest BCUT2D eigenvalue weighted by Crippen LogP contribution is 2.12. The standard InChI is InChI=1S/C14H21NS/c1-4-8-12(2)14(16)15(3)11-13-9-6-5-7-10-13/h5-7,9-10,12H,4,8,11H2,1-3H3. The van der Waals surface area contributed by atoms with E-state index in [0.29, 0.717) is 5.92 Å². The highest BCUT2D eigenvalue weighted by atomic mass is 32.1. The van der Waals surface area contributed by atoms with Crippen LogP contribution in [0.3, 0.4) is 0 Å². The summed E-state index contributed by atoms with van der Waals surface area (Å²) < 4.78 is 0. The summed E-state index contributed by atoms with van der Waals surface area (Å²) in [5, 5.41) is 0. The topological polar surface area (TPSA) is 3.24 Å². The van der Waals surface area contributed by atoms with Crippen molar-refractivity contribution in [3.63, 3.8) is 0 Å². The maximum atomic E-state index is 5.49. The van der Waals surface area contributed by atoms with Crippen LogP contribution < -0.4 is 0 Å². The molecular weight excluding hydrogens is 214 g/mol. The van der Waals surface area contributed by atoms with Crippen LogP contribution >= 0.6 is 12.2 Å². The van der Waals surface area contributed by atoms with E-state index in [1.165, 1.54) is 18.4 Å². The maximum Gasteiger partial charge on any atom is 0.0808 e. The summed E-state index contributed by atoms with van der Waals surface area (Å²) in [6.07, 6.45) is 2.37. The second-order valence-electron chi connectivity index (χ2n) is 4.37. The molecule has 1 aromatic rings. The summed E-state index contributed by atoms with van der Waals surface area (Å²) in [6, 6.07) is 10.5. The minimum absolute atomic E-state index is 0.508. The molecule has 0 amide bonds. The van der Waals surface area contributed by atoms with Crippen LogP contribution in [0.2, 0.25) is 0 Å². The Kier molecular flexibility index (Phi) is 5.47. The van der Waals surface area contributed by atoms with E-state index in [0.717, 1.165) is 11.5 Å². The van der Waals surface area contributed by atoms with E-state index in [1.807, 2.05) is 6.07 Å². The van der Waals surface area contributed by atoms with Crippen LogP contribution in [-0.4, -0.2) is 16.9 Å². The van der Waals surface area contributed by atoms with Crippen LogP contribution in [-0.2, 0) is 6.54 Å². The van der Waals surface area contributed by atoms with E-state index in [2.05, 4.69) is 50.1 Å². The van der Waals surface area contributed by atoms with Gasteiger partial charge in [-0.15, -0.1) is 0 Å². The molecule has 0 saturated carbocycles. The van der Waals surface area contributed by atoms with Crippen molar-refractivity contribution in [1.82, 2.24) is 4.90 Å². The molecule has 0 heterocycles. The second-order valence-corrected chi connectivity index (χ2v) is 4.79. The van der Waals surface area contributed by atoms with Crippen molar-refractivity contribution in [2.75, 3.05) is 7.05 Å². The molecule has 0 bridgehead atoms. The second kappa shape index (κ2) is 6.64. The SMILES string of the molecule is CCCC(C)C(=S)N(C)Cc1ccccc1. The Morgan fingerprint density at radius 1 is 1.31 bits per heavy atom. The Bertz CT molecular complexity index is 321. The first-order valence-electron chi connectivity index (χ1n) is 5.94. The summed E-state index contributed by atoms with van der Waals surface area (Å²) in [4.78, 5) is 3.26. The molecule has 2 heteroatoms. The fourth-order valence-electron chi connectivity index (χ4n) is 1.87. The zero-order chi connectivity index (χ0) is 12.0. The van der Waals surface area contributed by atoms with E-state index in [1.54, 1.807) is 0 Å². The third-order valence-corrected chi connectivity index (χ3v) is 3.50. The number of benzene rings is 1. The molecule has 16 heavy (non-hydrogen) atoms. The molecule has 0 spiro atoms.